The molecule has 148 valence electrons. The summed E-state index contributed by atoms with van der Waals surface area (Å²) in [6.07, 6.45) is 3.87. The maximum Gasteiger partial charge on any atom is 0.193 e. The Hall–Kier alpha value is -3.06. The first-order valence-corrected chi connectivity index (χ1v) is 9.86. The molecule has 0 radical (unpaired) electrons. The zero-order valence-corrected chi connectivity index (χ0v) is 16.4. The highest BCUT2D eigenvalue weighted by Gasteiger charge is 2.22. The lowest BCUT2D eigenvalue weighted by Crippen LogP contribution is -2.35. The van der Waals surface area contributed by atoms with Gasteiger partial charge in [0.15, 0.2) is 11.6 Å². The molecule has 2 N–H and O–H groups in total. The second-order valence-electron chi connectivity index (χ2n) is 7.87. The van der Waals surface area contributed by atoms with E-state index in [9.17, 15) is 9.50 Å². The molecule has 1 fully saturated rings. The van der Waals surface area contributed by atoms with Crippen LogP contribution in [0.4, 0.5) is 4.39 Å². The Kier molecular flexibility index (Phi) is 4.20. The van der Waals surface area contributed by atoms with E-state index >= 15 is 0 Å². The van der Waals surface area contributed by atoms with E-state index in [0.717, 1.165) is 36.1 Å². The van der Waals surface area contributed by atoms with Crippen LogP contribution in [0.3, 0.4) is 0 Å². The van der Waals surface area contributed by atoms with Crippen LogP contribution in [0.25, 0.3) is 33.2 Å². The quantitative estimate of drug-likeness (QED) is 0.542. The van der Waals surface area contributed by atoms with E-state index in [0.29, 0.717) is 28.6 Å². The molecule has 3 aromatic heterocycles. The Morgan fingerprint density at radius 2 is 1.97 bits per heavy atom. The molecule has 4 aromatic rings. The average Bonchev–Trinajstić information content (AvgIpc) is 3.10. The number of piperidine rings is 1. The Morgan fingerprint density at radius 1 is 1.17 bits per heavy atom. The molecule has 4 heterocycles. The summed E-state index contributed by atoms with van der Waals surface area (Å²) >= 11 is 0. The van der Waals surface area contributed by atoms with Gasteiger partial charge in [-0.2, -0.15) is 5.10 Å². The van der Waals surface area contributed by atoms with Gasteiger partial charge in [-0.05, 0) is 56.6 Å². The van der Waals surface area contributed by atoms with Gasteiger partial charge < -0.3 is 10.4 Å². The van der Waals surface area contributed by atoms with Crippen molar-refractivity contribution in [2.24, 2.45) is 7.05 Å². The largest absolute Gasteiger partial charge is 0.504 e. The summed E-state index contributed by atoms with van der Waals surface area (Å²) in [6.45, 7) is 3.20. The summed E-state index contributed by atoms with van der Waals surface area (Å²) in [5, 5.41) is 18.5. The number of halogens is 1. The lowest BCUT2D eigenvalue weighted by Gasteiger charge is -2.27. The third kappa shape index (κ3) is 3.11. The van der Waals surface area contributed by atoms with Crippen molar-refractivity contribution in [3.63, 3.8) is 0 Å². The van der Waals surface area contributed by atoms with Gasteiger partial charge in [-0.1, -0.05) is 0 Å². The first-order chi connectivity index (χ1) is 14.0. The van der Waals surface area contributed by atoms with Crippen LogP contribution in [-0.4, -0.2) is 37.4 Å². The minimum atomic E-state index is -0.728. The van der Waals surface area contributed by atoms with Gasteiger partial charge in [-0.3, -0.25) is 9.67 Å². The third-order valence-electron chi connectivity index (χ3n) is 5.71. The number of rotatable bonds is 2. The number of aromatic nitrogens is 4. The molecular formula is C22H22FN5O. The van der Waals surface area contributed by atoms with Crippen molar-refractivity contribution in [1.82, 2.24) is 25.1 Å². The number of nitrogens with zero attached hydrogens (tertiary/aromatic N) is 4. The zero-order chi connectivity index (χ0) is 20.1. The zero-order valence-electron chi connectivity index (χ0n) is 16.4. The third-order valence-corrected chi connectivity index (χ3v) is 5.71. The van der Waals surface area contributed by atoms with E-state index in [2.05, 4.69) is 22.3 Å². The summed E-state index contributed by atoms with van der Waals surface area (Å²) in [6, 6.07) is 9.87. The van der Waals surface area contributed by atoms with Crippen LogP contribution in [0.5, 0.6) is 5.75 Å². The van der Waals surface area contributed by atoms with Crippen LogP contribution in [0.15, 0.2) is 36.5 Å². The van der Waals surface area contributed by atoms with Crippen LogP contribution in [-0.2, 0) is 7.05 Å². The molecule has 0 bridgehead atoms. The molecule has 1 aromatic carbocycles. The highest BCUT2D eigenvalue weighted by molar-refractivity contribution is 5.89. The Balaban J connectivity index is 1.56. The molecule has 0 amide bonds. The topological polar surface area (TPSA) is 75.9 Å². The molecule has 7 heteroatoms. The van der Waals surface area contributed by atoms with Gasteiger partial charge >= 0.3 is 0 Å². The Labute approximate surface area is 167 Å². The van der Waals surface area contributed by atoms with Crippen LogP contribution < -0.4 is 5.32 Å². The molecular weight excluding hydrogens is 369 g/mol. The number of aryl methyl sites for hydroxylation is 1. The summed E-state index contributed by atoms with van der Waals surface area (Å²) < 4.78 is 16.1. The van der Waals surface area contributed by atoms with E-state index in [1.165, 1.54) is 4.68 Å². The fourth-order valence-electron chi connectivity index (χ4n) is 4.24. The van der Waals surface area contributed by atoms with Crippen molar-refractivity contribution in [1.29, 1.82) is 0 Å². The number of phenolic OH excluding ortho intramolecular Hbond substituents is 1. The maximum atomic E-state index is 14.6. The van der Waals surface area contributed by atoms with Crippen LogP contribution in [0.2, 0.25) is 0 Å². The monoisotopic (exact) mass is 391 g/mol. The fraction of sp³-hybridized carbons (Fsp3) is 0.318. The van der Waals surface area contributed by atoms with E-state index in [1.54, 1.807) is 25.4 Å². The molecule has 1 aliphatic rings. The molecule has 0 unspecified atom stereocenters. The van der Waals surface area contributed by atoms with E-state index in [1.807, 2.05) is 18.2 Å². The minimum Gasteiger partial charge on any atom is -0.504 e. The predicted octanol–water partition coefficient (Wildman–Crippen LogP) is 3.88. The SMILES string of the molecule is C[C@H]1C[C@@H](c2ccc3nc(-c4cc5cn(C)nc5c(F)c4O)ccc3n2)CCN1. The van der Waals surface area contributed by atoms with Crippen molar-refractivity contribution < 1.29 is 9.50 Å². The minimum absolute atomic E-state index is 0.150. The van der Waals surface area contributed by atoms with Gasteiger partial charge in [0.2, 0.25) is 0 Å². The number of nitrogens with one attached hydrogen (secondary N) is 1. The van der Waals surface area contributed by atoms with E-state index in [4.69, 9.17) is 4.98 Å². The first kappa shape index (κ1) is 18.0. The molecule has 1 saturated heterocycles. The number of fused-ring (bicyclic) bond motifs is 2. The summed E-state index contributed by atoms with van der Waals surface area (Å²) in [5.41, 5.74) is 3.62. The highest BCUT2D eigenvalue weighted by Crippen LogP contribution is 2.36. The van der Waals surface area contributed by atoms with Crippen molar-refractivity contribution in [3.05, 3.63) is 48.0 Å². The van der Waals surface area contributed by atoms with Gasteiger partial charge in [0.05, 0.1) is 16.7 Å². The number of phenols is 1. The number of hydrogen-bond acceptors (Lipinski definition) is 5. The van der Waals surface area contributed by atoms with E-state index < -0.39 is 11.6 Å². The normalized spacial score (nSPS) is 19.8. The summed E-state index contributed by atoms with van der Waals surface area (Å²) in [4.78, 5) is 9.45. The van der Waals surface area contributed by atoms with E-state index in [-0.39, 0.29) is 5.52 Å². The van der Waals surface area contributed by atoms with Crippen molar-refractivity contribution in [2.45, 2.75) is 31.7 Å². The van der Waals surface area contributed by atoms with Crippen LogP contribution in [0.1, 0.15) is 31.4 Å². The first-order valence-electron chi connectivity index (χ1n) is 9.86. The van der Waals surface area contributed by atoms with Gasteiger partial charge in [0.1, 0.15) is 5.52 Å². The number of benzene rings is 1. The smallest absolute Gasteiger partial charge is 0.193 e. The van der Waals surface area contributed by atoms with Crippen LogP contribution in [0, 0.1) is 5.82 Å². The highest BCUT2D eigenvalue weighted by atomic mass is 19.1. The van der Waals surface area contributed by atoms with Crippen molar-refractivity contribution in [2.75, 3.05) is 6.54 Å². The lowest BCUT2D eigenvalue weighted by molar-refractivity contribution is 0.377. The molecule has 29 heavy (non-hydrogen) atoms. The lowest BCUT2D eigenvalue weighted by atomic mass is 9.90. The second kappa shape index (κ2) is 6.77. The Bertz CT molecular complexity index is 1240. The van der Waals surface area contributed by atoms with Gasteiger partial charge in [-0.15, -0.1) is 0 Å². The molecule has 5 rings (SSSR count). The predicted molar refractivity (Wildman–Crippen MR) is 110 cm³/mol. The summed E-state index contributed by atoms with van der Waals surface area (Å²) in [5.74, 6) is -0.716. The molecule has 6 nitrogen and oxygen atoms in total. The standard InChI is InChI=1S/C22H22FN5O/c1-12-9-13(7-8-24-12)16-3-5-19-18(25-16)6-4-17(26-19)15-10-14-11-28(2)27-21(14)20(23)22(15)29/h3-6,10-13,24,29H,7-9H2,1-2H3/t12-,13-/m0/s1. The summed E-state index contributed by atoms with van der Waals surface area (Å²) in [7, 11) is 1.72. The van der Waals surface area contributed by atoms with Gasteiger partial charge in [-0.25, -0.2) is 9.37 Å². The molecule has 2 atom stereocenters. The van der Waals surface area contributed by atoms with Crippen molar-refractivity contribution in [3.8, 4) is 17.0 Å². The van der Waals surface area contributed by atoms with Gasteiger partial charge in [0.25, 0.3) is 0 Å². The second-order valence-corrected chi connectivity index (χ2v) is 7.87. The number of hydrogen-bond donors (Lipinski definition) is 2. The number of aromatic hydroxyl groups is 1. The molecule has 0 aliphatic carbocycles. The molecule has 0 saturated carbocycles. The van der Waals surface area contributed by atoms with Gasteiger partial charge in [0, 0.05) is 41.8 Å². The van der Waals surface area contributed by atoms with Crippen molar-refractivity contribution >= 4 is 21.9 Å². The van der Waals surface area contributed by atoms with Crippen LogP contribution >= 0.6 is 0 Å². The molecule has 0 spiro atoms. The number of pyridine rings is 2. The fourth-order valence-corrected chi connectivity index (χ4v) is 4.24. The molecule has 1 aliphatic heterocycles. The maximum absolute atomic E-state index is 14.6. The average molecular weight is 391 g/mol. The Morgan fingerprint density at radius 3 is 2.79 bits per heavy atom.